The Morgan fingerprint density at radius 1 is 0.952 bits per heavy atom. The molecular weight excluding hydrogens is 265 g/mol. The van der Waals surface area contributed by atoms with E-state index in [1.54, 1.807) is 12.1 Å². The largest absolute Gasteiger partial charge is 0.491 e. The molecule has 1 heterocycles. The highest BCUT2D eigenvalue weighted by molar-refractivity contribution is 5.39. The molecule has 3 heteroatoms. The average Bonchev–Trinajstić information content (AvgIpc) is 2.87. The van der Waals surface area contributed by atoms with Crippen LogP contribution >= 0.6 is 0 Å². The number of fused-ring (bicyclic) bond motifs is 1. The highest BCUT2D eigenvalue weighted by Gasteiger charge is 2.35. The molecule has 2 aromatic carbocycles. The van der Waals surface area contributed by atoms with Crippen LogP contribution in [0.15, 0.2) is 48.5 Å². The molecule has 0 radical (unpaired) electrons. The van der Waals surface area contributed by atoms with Crippen LogP contribution in [0.25, 0.3) is 0 Å². The van der Waals surface area contributed by atoms with Gasteiger partial charge in [0.25, 0.3) is 0 Å². The summed E-state index contributed by atoms with van der Waals surface area (Å²) in [5, 5.41) is 3.64. The summed E-state index contributed by atoms with van der Waals surface area (Å²) in [6.45, 7) is 0.695. The van der Waals surface area contributed by atoms with Gasteiger partial charge in [0, 0.05) is 11.6 Å². The van der Waals surface area contributed by atoms with Crippen LogP contribution in [0.3, 0.4) is 0 Å². The Morgan fingerprint density at radius 3 is 2.48 bits per heavy atom. The maximum absolute atomic E-state index is 13.7. The van der Waals surface area contributed by atoms with E-state index in [9.17, 15) is 4.39 Å². The van der Waals surface area contributed by atoms with Gasteiger partial charge in [0.2, 0.25) is 0 Å². The third kappa shape index (κ3) is 2.32. The smallest absolute Gasteiger partial charge is 0.126 e. The topological polar surface area (TPSA) is 21.3 Å². The molecule has 0 aromatic heterocycles. The average molecular weight is 283 g/mol. The Bertz CT molecular complexity index is 651. The fourth-order valence-corrected chi connectivity index (χ4v) is 3.40. The third-order valence-corrected chi connectivity index (χ3v) is 4.62. The Balaban J connectivity index is 1.39. The highest BCUT2D eigenvalue weighted by atomic mass is 19.1. The van der Waals surface area contributed by atoms with Gasteiger partial charge >= 0.3 is 0 Å². The molecule has 0 amide bonds. The minimum atomic E-state index is -0.0736. The number of para-hydroxylation sites is 1. The molecule has 108 valence electrons. The molecule has 1 aliphatic heterocycles. The monoisotopic (exact) mass is 283 g/mol. The fourth-order valence-electron chi connectivity index (χ4n) is 3.40. The van der Waals surface area contributed by atoms with Crippen molar-refractivity contribution in [2.45, 2.75) is 30.8 Å². The van der Waals surface area contributed by atoms with Crippen molar-refractivity contribution in [3.8, 4) is 5.75 Å². The van der Waals surface area contributed by atoms with Crippen molar-refractivity contribution in [1.29, 1.82) is 0 Å². The van der Waals surface area contributed by atoms with Gasteiger partial charge in [0.15, 0.2) is 0 Å². The lowest BCUT2D eigenvalue weighted by Gasteiger charge is -2.38. The van der Waals surface area contributed by atoms with Crippen LogP contribution in [0.5, 0.6) is 5.75 Å². The van der Waals surface area contributed by atoms with Crippen LogP contribution in [0.1, 0.15) is 35.9 Å². The van der Waals surface area contributed by atoms with E-state index in [1.165, 1.54) is 5.56 Å². The molecule has 4 rings (SSSR count). The summed E-state index contributed by atoms with van der Waals surface area (Å²) in [5.41, 5.74) is 2.10. The molecule has 1 unspecified atom stereocenters. The molecule has 0 spiro atoms. The number of benzene rings is 2. The van der Waals surface area contributed by atoms with Crippen molar-refractivity contribution in [2.24, 2.45) is 0 Å². The van der Waals surface area contributed by atoms with E-state index in [0.717, 1.165) is 24.2 Å². The lowest BCUT2D eigenvalue weighted by molar-refractivity contribution is 0.233. The lowest BCUT2D eigenvalue weighted by Crippen LogP contribution is -2.42. The Labute approximate surface area is 123 Å². The normalized spacial score (nSPS) is 26.8. The Kier molecular flexibility index (Phi) is 3.15. The number of rotatable bonds is 3. The van der Waals surface area contributed by atoms with Crippen molar-refractivity contribution in [2.75, 3.05) is 6.61 Å². The van der Waals surface area contributed by atoms with E-state index in [-0.39, 0.29) is 11.9 Å². The van der Waals surface area contributed by atoms with E-state index in [1.807, 2.05) is 30.3 Å². The molecule has 2 nitrogen and oxygen atoms in total. The summed E-state index contributed by atoms with van der Waals surface area (Å²) in [6, 6.07) is 16.0. The first kappa shape index (κ1) is 12.8. The van der Waals surface area contributed by atoms with Crippen molar-refractivity contribution < 1.29 is 9.13 Å². The predicted octanol–water partition coefficient (Wildman–Crippen LogP) is 3.80. The van der Waals surface area contributed by atoms with Gasteiger partial charge in [-0.1, -0.05) is 36.4 Å². The number of nitrogens with one attached hydrogen (secondary N) is 1. The quantitative estimate of drug-likeness (QED) is 0.925. The molecule has 1 aliphatic carbocycles. The summed E-state index contributed by atoms with van der Waals surface area (Å²) in [4.78, 5) is 0. The first-order valence-corrected chi connectivity index (χ1v) is 7.53. The van der Waals surface area contributed by atoms with E-state index in [2.05, 4.69) is 11.4 Å². The van der Waals surface area contributed by atoms with Gasteiger partial charge < -0.3 is 10.1 Å². The Morgan fingerprint density at radius 2 is 1.67 bits per heavy atom. The van der Waals surface area contributed by atoms with Crippen LogP contribution in [0.4, 0.5) is 4.39 Å². The fraction of sp³-hybridized carbons (Fsp3) is 0.333. The SMILES string of the molecule is Fc1ccccc1C1CC(NC2COc3ccccc32)C1. The van der Waals surface area contributed by atoms with E-state index >= 15 is 0 Å². The number of hydrogen-bond acceptors (Lipinski definition) is 2. The number of halogens is 1. The maximum atomic E-state index is 13.7. The highest BCUT2D eigenvalue weighted by Crippen LogP contribution is 2.40. The first-order valence-electron chi connectivity index (χ1n) is 7.53. The van der Waals surface area contributed by atoms with E-state index in [4.69, 9.17) is 4.74 Å². The summed E-state index contributed by atoms with van der Waals surface area (Å²) in [7, 11) is 0. The molecule has 2 aliphatic rings. The van der Waals surface area contributed by atoms with Gasteiger partial charge in [-0.25, -0.2) is 4.39 Å². The Hall–Kier alpha value is -1.87. The zero-order chi connectivity index (χ0) is 14.2. The van der Waals surface area contributed by atoms with Crippen LogP contribution in [-0.4, -0.2) is 12.6 Å². The van der Waals surface area contributed by atoms with Crippen molar-refractivity contribution in [1.82, 2.24) is 5.32 Å². The molecule has 1 N–H and O–H groups in total. The summed E-state index contributed by atoms with van der Waals surface area (Å²) < 4.78 is 19.4. The van der Waals surface area contributed by atoms with Crippen molar-refractivity contribution >= 4 is 0 Å². The maximum Gasteiger partial charge on any atom is 0.126 e. The number of hydrogen-bond donors (Lipinski definition) is 1. The minimum absolute atomic E-state index is 0.0736. The molecule has 1 atom stereocenters. The lowest BCUT2D eigenvalue weighted by atomic mass is 9.75. The predicted molar refractivity (Wildman–Crippen MR) is 80.0 cm³/mol. The van der Waals surface area contributed by atoms with Gasteiger partial charge in [-0.2, -0.15) is 0 Å². The van der Waals surface area contributed by atoms with Crippen LogP contribution < -0.4 is 10.1 Å². The molecule has 0 saturated heterocycles. The molecule has 0 bridgehead atoms. The van der Waals surface area contributed by atoms with E-state index < -0.39 is 0 Å². The summed E-state index contributed by atoms with van der Waals surface area (Å²) in [5.74, 6) is 1.26. The van der Waals surface area contributed by atoms with Gasteiger partial charge in [-0.05, 0) is 36.5 Å². The van der Waals surface area contributed by atoms with Gasteiger partial charge in [0.1, 0.15) is 18.2 Å². The molecule has 1 saturated carbocycles. The van der Waals surface area contributed by atoms with Crippen LogP contribution in [0, 0.1) is 5.82 Å². The summed E-state index contributed by atoms with van der Waals surface area (Å²) >= 11 is 0. The zero-order valence-electron chi connectivity index (χ0n) is 11.8. The third-order valence-electron chi connectivity index (χ3n) is 4.62. The van der Waals surface area contributed by atoms with E-state index in [0.29, 0.717) is 18.6 Å². The molecule has 21 heavy (non-hydrogen) atoms. The van der Waals surface area contributed by atoms with Crippen LogP contribution in [-0.2, 0) is 0 Å². The molecule has 1 fully saturated rings. The first-order chi connectivity index (χ1) is 10.3. The van der Waals surface area contributed by atoms with Crippen LogP contribution in [0.2, 0.25) is 0 Å². The minimum Gasteiger partial charge on any atom is -0.491 e. The van der Waals surface area contributed by atoms with Gasteiger partial charge in [0.05, 0.1) is 6.04 Å². The van der Waals surface area contributed by atoms with Crippen molar-refractivity contribution in [3.05, 3.63) is 65.5 Å². The standard InChI is InChI=1S/C18H18FNO/c19-16-7-3-1-5-14(16)12-9-13(10-12)20-17-11-21-18-8-4-2-6-15(17)18/h1-8,12-13,17,20H,9-11H2. The van der Waals surface area contributed by atoms with Gasteiger partial charge in [-0.15, -0.1) is 0 Å². The second-order valence-electron chi connectivity index (χ2n) is 5.95. The second-order valence-corrected chi connectivity index (χ2v) is 5.95. The molecular formula is C18H18FNO. The second kappa shape index (κ2) is 5.15. The molecule has 2 aromatic rings. The van der Waals surface area contributed by atoms with Gasteiger partial charge in [-0.3, -0.25) is 0 Å². The number of ether oxygens (including phenoxy) is 1. The summed E-state index contributed by atoms with van der Waals surface area (Å²) in [6.07, 6.45) is 2.00. The van der Waals surface area contributed by atoms with Crippen molar-refractivity contribution in [3.63, 3.8) is 0 Å². The zero-order valence-corrected chi connectivity index (χ0v) is 11.8.